The molecule has 2 aromatic heterocycles. The molecule has 2 heterocycles. The summed E-state index contributed by atoms with van der Waals surface area (Å²) in [5.74, 6) is -1.16. The van der Waals surface area contributed by atoms with Crippen LogP contribution >= 0.6 is 11.3 Å². The number of amides is 1. The van der Waals surface area contributed by atoms with E-state index in [1.54, 1.807) is 12.3 Å². The fraction of sp³-hybridized carbons (Fsp3) is 0.333. The number of ether oxygens (including phenoxy) is 1. The molecule has 2 rings (SSSR count). The summed E-state index contributed by atoms with van der Waals surface area (Å²) in [4.78, 5) is 37.7. The number of nitrogens with zero attached hydrogens (tertiary/aromatic N) is 4. The number of aromatic nitrogens is 3. The number of thiazole rings is 1. The Bertz CT molecular complexity index is 753. The van der Waals surface area contributed by atoms with Crippen LogP contribution in [-0.4, -0.2) is 38.2 Å². The van der Waals surface area contributed by atoms with Gasteiger partial charge in [-0.05, 0) is 6.92 Å². The fourth-order valence-electron chi connectivity index (χ4n) is 1.73. The normalized spacial score (nSPS) is 10.3. The molecule has 0 spiro atoms. The first-order chi connectivity index (χ1) is 10.9. The molecule has 0 bridgehead atoms. The second-order valence-corrected chi connectivity index (χ2v) is 5.23. The van der Waals surface area contributed by atoms with E-state index in [2.05, 4.69) is 15.4 Å². The molecule has 11 heteroatoms. The first-order valence-corrected chi connectivity index (χ1v) is 7.38. The van der Waals surface area contributed by atoms with Gasteiger partial charge in [-0.25, -0.2) is 4.98 Å². The molecule has 0 radical (unpaired) electrons. The van der Waals surface area contributed by atoms with Gasteiger partial charge in [0.2, 0.25) is 5.69 Å². The fourth-order valence-corrected chi connectivity index (χ4v) is 2.44. The van der Waals surface area contributed by atoms with Crippen LogP contribution in [0.2, 0.25) is 0 Å². The van der Waals surface area contributed by atoms with Crippen molar-refractivity contribution < 1.29 is 19.2 Å². The standard InChI is InChI=1S/C12H13N5O5S/c1-3-22-9(18)4-7-6-23-12(13-7)14-11(19)10-8(17(20)21)5-16(2)15-10/h5-6H,3-4H2,1-2H3,(H,13,14,19). The van der Waals surface area contributed by atoms with E-state index in [4.69, 9.17) is 4.74 Å². The van der Waals surface area contributed by atoms with Crippen LogP contribution in [0.3, 0.4) is 0 Å². The lowest BCUT2D eigenvalue weighted by atomic mass is 10.3. The zero-order chi connectivity index (χ0) is 17.0. The molecule has 0 aliphatic carbocycles. The van der Waals surface area contributed by atoms with Crippen LogP contribution < -0.4 is 5.32 Å². The first kappa shape index (κ1) is 16.5. The van der Waals surface area contributed by atoms with Crippen molar-refractivity contribution in [1.29, 1.82) is 0 Å². The molecule has 122 valence electrons. The maximum absolute atomic E-state index is 12.1. The number of nitro groups is 1. The Kier molecular flexibility index (Phi) is 5.01. The van der Waals surface area contributed by atoms with E-state index >= 15 is 0 Å². The third-order valence-corrected chi connectivity index (χ3v) is 3.43. The Morgan fingerprint density at radius 2 is 2.26 bits per heavy atom. The highest BCUT2D eigenvalue weighted by atomic mass is 32.1. The van der Waals surface area contributed by atoms with Gasteiger partial charge in [0.25, 0.3) is 5.91 Å². The van der Waals surface area contributed by atoms with E-state index in [1.165, 1.54) is 11.7 Å². The zero-order valence-corrected chi connectivity index (χ0v) is 13.1. The molecule has 23 heavy (non-hydrogen) atoms. The number of hydrogen-bond donors (Lipinski definition) is 1. The number of rotatable bonds is 6. The maximum atomic E-state index is 12.1. The molecule has 0 fully saturated rings. The lowest BCUT2D eigenvalue weighted by Crippen LogP contribution is -2.14. The summed E-state index contributed by atoms with van der Waals surface area (Å²) in [6.07, 6.45) is 1.13. The van der Waals surface area contributed by atoms with Crippen molar-refractivity contribution in [2.75, 3.05) is 11.9 Å². The molecule has 0 aromatic carbocycles. The predicted octanol–water partition coefficient (Wildman–Crippen LogP) is 1.14. The number of anilines is 1. The number of hydrogen-bond acceptors (Lipinski definition) is 8. The molecule has 0 atom stereocenters. The van der Waals surface area contributed by atoms with Gasteiger partial charge in [-0.2, -0.15) is 5.10 Å². The molecule has 0 unspecified atom stereocenters. The molecule has 0 saturated heterocycles. The summed E-state index contributed by atoms with van der Waals surface area (Å²) in [7, 11) is 1.48. The highest BCUT2D eigenvalue weighted by Gasteiger charge is 2.25. The van der Waals surface area contributed by atoms with Gasteiger partial charge in [0.05, 0.1) is 23.6 Å². The van der Waals surface area contributed by atoms with E-state index in [1.807, 2.05) is 0 Å². The van der Waals surface area contributed by atoms with Crippen LogP contribution in [0.1, 0.15) is 23.1 Å². The Labute approximate surface area is 134 Å². The van der Waals surface area contributed by atoms with Gasteiger partial charge in [0.1, 0.15) is 6.20 Å². The third-order valence-electron chi connectivity index (χ3n) is 2.62. The van der Waals surface area contributed by atoms with Gasteiger partial charge in [-0.3, -0.25) is 29.7 Å². The molecule has 1 N–H and O–H groups in total. The molecule has 0 saturated carbocycles. The van der Waals surface area contributed by atoms with Crippen molar-refractivity contribution in [3.63, 3.8) is 0 Å². The Morgan fingerprint density at radius 3 is 2.91 bits per heavy atom. The average Bonchev–Trinajstić information content (AvgIpc) is 3.05. The highest BCUT2D eigenvalue weighted by molar-refractivity contribution is 7.14. The minimum atomic E-state index is -0.741. The first-order valence-electron chi connectivity index (χ1n) is 6.50. The maximum Gasteiger partial charge on any atom is 0.320 e. The van der Waals surface area contributed by atoms with Crippen LogP contribution in [0.25, 0.3) is 0 Å². The average molecular weight is 339 g/mol. The van der Waals surface area contributed by atoms with Crippen molar-refractivity contribution >= 4 is 34.0 Å². The van der Waals surface area contributed by atoms with Crippen LogP contribution in [0.15, 0.2) is 11.6 Å². The predicted molar refractivity (Wildman–Crippen MR) is 80.3 cm³/mol. The van der Waals surface area contributed by atoms with Crippen molar-refractivity contribution in [2.24, 2.45) is 7.05 Å². The van der Waals surface area contributed by atoms with Gasteiger partial charge < -0.3 is 4.74 Å². The van der Waals surface area contributed by atoms with Gasteiger partial charge in [0.15, 0.2) is 5.13 Å². The van der Waals surface area contributed by atoms with Crippen LogP contribution in [0.5, 0.6) is 0 Å². The quantitative estimate of drug-likeness (QED) is 0.474. The number of nitrogens with one attached hydrogen (secondary N) is 1. The van der Waals surface area contributed by atoms with Crippen LogP contribution in [0.4, 0.5) is 10.8 Å². The van der Waals surface area contributed by atoms with E-state index in [9.17, 15) is 19.7 Å². The number of carbonyl (C=O) groups is 2. The highest BCUT2D eigenvalue weighted by Crippen LogP contribution is 2.20. The van der Waals surface area contributed by atoms with Gasteiger partial charge in [-0.15, -0.1) is 11.3 Å². The number of aryl methyl sites for hydroxylation is 1. The van der Waals surface area contributed by atoms with Crippen molar-refractivity contribution in [3.05, 3.63) is 33.1 Å². The molecule has 1 amide bonds. The van der Waals surface area contributed by atoms with Gasteiger partial charge in [-0.1, -0.05) is 0 Å². The SMILES string of the molecule is CCOC(=O)Cc1csc(NC(=O)c2nn(C)cc2[N+](=O)[O-])n1. The number of carbonyl (C=O) groups excluding carboxylic acids is 2. The Balaban J connectivity index is 2.08. The summed E-state index contributed by atoms with van der Waals surface area (Å²) >= 11 is 1.10. The summed E-state index contributed by atoms with van der Waals surface area (Å²) in [5, 5.41) is 18.9. The second kappa shape index (κ2) is 6.96. The van der Waals surface area contributed by atoms with Crippen molar-refractivity contribution in [2.45, 2.75) is 13.3 Å². The Hall–Kier alpha value is -2.82. The lowest BCUT2D eigenvalue weighted by molar-refractivity contribution is -0.385. The second-order valence-electron chi connectivity index (χ2n) is 4.37. The monoisotopic (exact) mass is 339 g/mol. The van der Waals surface area contributed by atoms with E-state index in [0.29, 0.717) is 5.69 Å². The topological polar surface area (TPSA) is 129 Å². The molecule has 2 aromatic rings. The van der Waals surface area contributed by atoms with E-state index in [-0.39, 0.29) is 23.9 Å². The van der Waals surface area contributed by atoms with Crippen LogP contribution in [0, 0.1) is 10.1 Å². The van der Waals surface area contributed by atoms with Crippen LogP contribution in [-0.2, 0) is 23.0 Å². The molecule has 0 aliphatic heterocycles. The van der Waals surface area contributed by atoms with E-state index < -0.39 is 22.5 Å². The molecular formula is C12H13N5O5S. The van der Waals surface area contributed by atoms with Gasteiger partial charge in [0, 0.05) is 12.4 Å². The van der Waals surface area contributed by atoms with E-state index in [0.717, 1.165) is 17.5 Å². The summed E-state index contributed by atoms with van der Waals surface area (Å²) in [6, 6.07) is 0. The number of esters is 1. The summed E-state index contributed by atoms with van der Waals surface area (Å²) in [5.41, 5.74) is -0.257. The zero-order valence-electron chi connectivity index (χ0n) is 12.3. The van der Waals surface area contributed by atoms with Gasteiger partial charge >= 0.3 is 11.7 Å². The molecule has 10 nitrogen and oxygen atoms in total. The minimum absolute atomic E-state index is 0.00997. The Morgan fingerprint density at radius 1 is 1.52 bits per heavy atom. The van der Waals surface area contributed by atoms with Crippen molar-refractivity contribution in [1.82, 2.24) is 14.8 Å². The summed E-state index contributed by atoms with van der Waals surface area (Å²) in [6.45, 7) is 1.97. The molecular weight excluding hydrogens is 326 g/mol. The molecule has 0 aliphatic rings. The summed E-state index contributed by atoms with van der Waals surface area (Å²) < 4.78 is 5.98. The minimum Gasteiger partial charge on any atom is -0.466 e. The largest absolute Gasteiger partial charge is 0.466 e. The smallest absolute Gasteiger partial charge is 0.320 e. The lowest BCUT2D eigenvalue weighted by Gasteiger charge is -1.99. The third kappa shape index (κ3) is 4.10. The van der Waals surface area contributed by atoms with Crippen molar-refractivity contribution in [3.8, 4) is 0 Å².